The van der Waals surface area contributed by atoms with Crippen LogP contribution in [0.3, 0.4) is 0 Å². The van der Waals surface area contributed by atoms with E-state index in [9.17, 15) is 22.0 Å². The van der Waals surface area contributed by atoms with Crippen molar-refractivity contribution in [3.05, 3.63) is 0 Å². The summed E-state index contributed by atoms with van der Waals surface area (Å²) in [6, 6.07) is -1.61. The minimum Gasteiger partial charge on any atom is -0.480 e. The normalized spacial score (nSPS) is 28.5. The second-order valence-electron chi connectivity index (χ2n) is 3.12. The minimum absolute atomic E-state index is 0.130. The van der Waals surface area contributed by atoms with Crippen molar-refractivity contribution in [2.24, 2.45) is 0 Å². The summed E-state index contributed by atoms with van der Waals surface area (Å²) < 4.78 is 46.4. The van der Waals surface area contributed by atoms with Gasteiger partial charge in [-0.15, -0.1) is 0 Å². The first-order valence-electron chi connectivity index (χ1n) is 3.96. The van der Waals surface area contributed by atoms with E-state index in [-0.39, 0.29) is 10.7 Å². The number of hydrogen-bond donors (Lipinski definition) is 2. The third kappa shape index (κ3) is 2.24. The number of rotatable bonds is 3. The highest BCUT2D eigenvalue weighted by Crippen LogP contribution is 2.25. The van der Waals surface area contributed by atoms with E-state index in [1.54, 1.807) is 0 Å². The Kier molecular flexibility index (Phi) is 3.26. The number of aliphatic carboxylic acids is 1. The molecule has 1 aliphatic rings. The van der Waals surface area contributed by atoms with Crippen LogP contribution in [0.5, 0.6) is 0 Å². The van der Waals surface area contributed by atoms with Gasteiger partial charge in [0.15, 0.2) is 0 Å². The molecular formula is C6H9F2NO5S. The predicted molar refractivity (Wildman–Crippen MR) is 43.7 cm³/mol. The van der Waals surface area contributed by atoms with Crippen molar-refractivity contribution < 1.29 is 32.2 Å². The van der Waals surface area contributed by atoms with Crippen molar-refractivity contribution in [3.8, 4) is 0 Å². The van der Waals surface area contributed by atoms with Gasteiger partial charge in [0.1, 0.15) is 6.04 Å². The molecule has 0 aliphatic carbocycles. The smallest absolute Gasteiger partial charge is 0.350 e. The number of β-amino-alcohol motifs (C(OH)–C–C–N with tert-alkyl or cyclic N) is 1. The number of nitrogens with zero attached hydrogens (tertiary/aromatic N) is 1. The molecule has 1 heterocycles. The van der Waals surface area contributed by atoms with Crippen LogP contribution >= 0.6 is 0 Å². The number of carbonyl (C=O) groups is 1. The first-order valence-corrected chi connectivity index (χ1v) is 5.47. The van der Waals surface area contributed by atoms with Crippen LogP contribution in [0.4, 0.5) is 8.78 Å². The maximum absolute atomic E-state index is 12.1. The average Bonchev–Trinajstić information content (AvgIpc) is 2.47. The standard InChI is InChI=1S/C6H9F2NO5S/c7-6(8)15(13,14)9-2-3(10)1-4(9)5(11)12/h3-4,6,10H,1-2H2,(H,11,12)/t3-,4-/m1/s1. The van der Waals surface area contributed by atoms with Crippen molar-refractivity contribution in [1.29, 1.82) is 0 Å². The number of aliphatic hydroxyl groups is 1. The number of carboxylic acids is 1. The highest BCUT2D eigenvalue weighted by Gasteiger charge is 2.46. The van der Waals surface area contributed by atoms with Gasteiger partial charge in [-0.25, -0.2) is 8.42 Å². The van der Waals surface area contributed by atoms with E-state index in [2.05, 4.69) is 0 Å². The maximum atomic E-state index is 12.1. The number of sulfonamides is 1. The van der Waals surface area contributed by atoms with Crippen LogP contribution < -0.4 is 0 Å². The quantitative estimate of drug-likeness (QED) is 0.669. The molecule has 15 heavy (non-hydrogen) atoms. The summed E-state index contributed by atoms with van der Waals surface area (Å²) in [6.45, 7) is -0.607. The third-order valence-corrected chi connectivity index (χ3v) is 3.58. The van der Waals surface area contributed by atoms with Gasteiger partial charge >= 0.3 is 11.7 Å². The zero-order chi connectivity index (χ0) is 11.8. The van der Waals surface area contributed by atoms with Gasteiger partial charge in [-0.1, -0.05) is 0 Å². The summed E-state index contributed by atoms with van der Waals surface area (Å²) in [5.74, 6) is -5.22. The number of aliphatic hydroxyl groups excluding tert-OH is 1. The fourth-order valence-electron chi connectivity index (χ4n) is 1.39. The lowest BCUT2D eigenvalue weighted by atomic mass is 10.2. The number of alkyl halides is 2. The molecule has 1 saturated heterocycles. The van der Waals surface area contributed by atoms with Crippen LogP contribution in [0.15, 0.2) is 0 Å². The van der Waals surface area contributed by atoms with Gasteiger partial charge in [0.25, 0.3) is 10.0 Å². The Morgan fingerprint density at radius 2 is 2.00 bits per heavy atom. The van der Waals surface area contributed by atoms with E-state index in [1.807, 2.05) is 0 Å². The molecule has 0 unspecified atom stereocenters. The van der Waals surface area contributed by atoms with Crippen LogP contribution in [-0.2, 0) is 14.8 Å². The topological polar surface area (TPSA) is 94.9 Å². The van der Waals surface area contributed by atoms with Crippen molar-refractivity contribution in [2.75, 3.05) is 6.54 Å². The molecule has 1 aliphatic heterocycles. The lowest BCUT2D eigenvalue weighted by molar-refractivity contribution is -0.140. The second-order valence-corrected chi connectivity index (χ2v) is 4.97. The molecule has 0 amide bonds. The SMILES string of the molecule is O=C(O)[C@H]1C[C@@H](O)CN1S(=O)(=O)C(F)F. The van der Waals surface area contributed by atoms with Crippen molar-refractivity contribution in [1.82, 2.24) is 4.31 Å². The Morgan fingerprint density at radius 1 is 1.47 bits per heavy atom. The van der Waals surface area contributed by atoms with Crippen molar-refractivity contribution in [3.63, 3.8) is 0 Å². The molecule has 0 saturated carbocycles. The Balaban J connectivity index is 2.99. The Labute approximate surface area is 84.2 Å². The fraction of sp³-hybridized carbons (Fsp3) is 0.833. The Morgan fingerprint density at radius 3 is 2.40 bits per heavy atom. The Bertz CT molecular complexity index is 357. The zero-order valence-corrected chi connectivity index (χ0v) is 8.19. The summed E-state index contributed by atoms with van der Waals surface area (Å²) in [5.41, 5.74) is 0. The minimum atomic E-state index is -4.94. The molecule has 0 radical (unpaired) electrons. The monoisotopic (exact) mass is 245 g/mol. The lowest BCUT2D eigenvalue weighted by Crippen LogP contribution is -2.43. The molecule has 2 atom stereocenters. The number of carboxylic acid groups (broad SMARTS) is 1. The molecule has 0 bridgehead atoms. The molecule has 1 rings (SSSR count). The van der Waals surface area contributed by atoms with E-state index >= 15 is 0 Å². The molecule has 0 aromatic heterocycles. The van der Waals surface area contributed by atoms with Crippen LogP contribution in [0.2, 0.25) is 0 Å². The first-order chi connectivity index (χ1) is 6.76. The lowest BCUT2D eigenvalue weighted by Gasteiger charge is -2.19. The van der Waals surface area contributed by atoms with Gasteiger partial charge in [0.05, 0.1) is 6.10 Å². The van der Waals surface area contributed by atoms with Crippen LogP contribution in [0.25, 0.3) is 0 Å². The molecule has 88 valence electrons. The summed E-state index contributed by atoms with van der Waals surface area (Å²) in [5, 5.41) is 17.6. The van der Waals surface area contributed by atoms with E-state index in [0.717, 1.165) is 0 Å². The number of halogens is 2. The fourth-order valence-corrected chi connectivity index (χ4v) is 2.51. The van der Waals surface area contributed by atoms with E-state index < -0.39 is 40.4 Å². The van der Waals surface area contributed by atoms with Gasteiger partial charge in [-0.05, 0) is 0 Å². The molecule has 0 aromatic rings. The maximum Gasteiger partial charge on any atom is 0.350 e. The number of hydrogen-bond acceptors (Lipinski definition) is 4. The summed E-state index contributed by atoms with van der Waals surface area (Å²) in [4.78, 5) is 10.6. The summed E-state index contributed by atoms with van der Waals surface area (Å²) in [6.07, 6.45) is -1.60. The van der Waals surface area contributed by atoms with E-state index in [1.165, 1.54) is 0 Å². The molecule has 0 aromatic carbocycles. The van der Waals surface area contributed by atoms with Gasteiger partial charge in [-0.3, -0.25) is 4.79 Å². The molecule has 0 spiro atoms. The molecule has 6 nitrogen and oxygen atoms in total. The summed E-state index contributed by atoms with van der Waals surface area (Å²) in [7, 11) is -4.94. The molecule has 2 N–H and O–H groups in total. The van der Waals surface area contributed by atoms with Crippen molar-refractivity contribution in [2.45, 2.75) is 24.3 Å². The highest BCUT2D eigenvalue weighted by molar-refractivity contribution is 7.89. The van der Waals surface area contributed by atoms with E-state index in [4.69, 9.17) is 10.2 Å². The average molecular weight is 245 g/mol. The third-order valence-electron chi connectivity index (χ3n) is 2.07. The van der Waals surface area contributed by atoms with Gasteiger partial charge in [0, 0.05) is 13.0 Å². The largest absolute Gasteiger partial charge is 0.480 e. The van der Waals surface area contributed by atoms with Gasteiger partial charge < -0.3 is 10.2 Å². The Hall–Kier alpha value is -0.800. The predicted octanol–water partition coefficient (Wildman–Crippen LogP) is -0.941. The molecule has 1 fully saturated rings. The van der Waals surface area contributed by atoms with Crippen molar-refractivity contribution >= 4 is 16.0 Å². The van der Waals surface area contributed by atoms with Gasteiger partial charge in [0.2, 0.25) is 0 Å². The summed E-state index contributed by atoms with van der Waals surface area (Å²) >= 11 is 0. The zero-order valence-electron chi connectivity index (χ0n) is 7.38. The van der Waals surface area contributed by atoms with E-state index in [0.29, 0.717) is 0 Å². The van der Waals surface area contributed by atoms with Crippen LogP contribution in [0.1, 0.15) is 6.42 Å². The second kappa shape index (κ2) is 3.99. The first kappa shape index (κ1) is 12.3. The van der Waals surface area contributed by atoms with Crippen LogP contribution in [-0.4, -0.2) is 53.4 Å². The van der Waals surface area contributed by atoms with Gasteiger partial charge in [-0.2, -0.15) is 13.1 Å². The highest BCUT2D eigenvalue weighted by atomic mass is 32.2. The molecule has 9 heteroatoms. The van der Waals surface area contributed by atoms with Crippen LogP contribution in [0, 0.1) is 0 Å². The molecular weight excluding hydrogens is 236 g/mol.